The van der Waals surface area contributed by atoms with Crippen molar-refractivity contribution in [3.63, 3.8) is 0 Å². The van der Waals surface area contributed by atoms with Crippen molar-refractivity contribution in [1.82, 2.24) is 15.3 Å². The van der Waals surface area contributed by atoms with E-state index in [2.05, 4.69) is 15.3 Å². The average molecular weight is 163 g/mol. The minimum absolute atomic E-state index is 0.755. The molecule has 3 heteroatoms. The van der Waals surface area contributed by atoms with E-state index in [1.54, 1.807) is 0 Å². The summed E-state index contributed by atoms with van der Waals surface area (Å²) >= 11 is 0. The summed E-state index contributed by atoms with van der Waals surface area (Å²) in [4.78, 5) is 8.51. The van der Waals surface area contributed by atoms with Gasteiger partial charge in [-0.2, -0.15) is 0 Å². The first kappa shape index (κ1) is 7.68. The molecule has 1 aliphatic carbocycles. The van der Waals surface area contributed by atoms with Gasteiger partial charge in [-0.3, -0.25) is 0 Å². The number of aromatic nitrogens is 2. The number of hydrogen-bond acceptors (Lipinski definition) is 3. The van der Waals surface area contributed by atoms with Gasteiger partial charge in [0.2, 0.25) is 0 Å². The van der Waals surface area contributed by atoms with E-state index in [0.29, 0.717) is 0 Å². The zero-order valence-corrected chi connectivity index (χ0v) is 7.25. The summed E-state index contributed by atoms with van der Waals surface area (Å²) in [6.07, 6.45) is 6.54. The van der Waals surface area contributed by atoms with Crippen molar-refractivity contribution in [2.75, 3.05) is 7.05 Å². The lowest BCUT2D eigenvalue weighted by molar-refractivity contribution is 0.753. The molecule has 1 saturated carbocycles. The van der Waals surface area contributed by atoms with E-state index < -0.39 is 0 Å². The molecule has 0 atom stereocenters. The third-order valence-electron chi connectivity index (χ3n) is 2.11. The average Bonchev–Trinajstić information content (AvgIpc) is 2.89. The van der Waals surface area contributed by atoms with Crippen molar-refractivity contribution in [3.8, 4) is 0 Å². The molecule has 1 aromatic rings. The minimum atomic E-state index is 0.755. The molecule has 1 aromatic heterocycles. The van der Waals surface area contributed by atoms with E-state index in [9.17, 15) is 0 Å². The van der Waals surface area contributed by atoms with Gasteiger partial charge in [-0.25, -0.2) is 9.97 Å². The van der Waals surface area contributed by atoms with Crippen molar-refractivity contribution in [2.45, 2.75) is 25.3 Å². The molecule has 0 saturated heterocycles. The Balaban J connectivity index is 2.08. The van der Waals surface area contributed by atoms with Crippen molar-refractivity contribution in [2.24, 2.45) is 0 Å². The van der Waals surface area contributed by atoms with Crippen LogP contribution in [0.1, 0.15) is 30.1 Å². The van der Waals surface area contributed by atoms with Crippen LogP contribution in [-0.4, -0.2) is 17.0 Å². The van der Waals surface area contributed by atoms with Crippen LogP contribution in [0.5, 0.6) is 0 Å². The number of nitrogens with zero attached hydrogens (tertiary/aromatic N) is 2. The van der Waals surface area contributed by atoms with Crippen molar-refractivity contribution in [3.05, 3.63) is 23.8 Å². The monoisotopic (exact) mass is 163 g/mol. The summed E-state index contributed by atoms with van der Waals surface area (Å²) in [7, 11) is 1.90. The van der Waals surface area contributed by atoms with Crippen LogP contribution in [0.4, 0.5) is 0 Å². The SMILES string of the molecule is CNCc1ncc(C2CC2)cn1. The molecular weight excluding hydrogens is 150 g/mol. The van der Waals surface area contributed by atoms with Gasteiger partial charge in [-0.15, -0.1) is 0 Å². The predicted octanol–water partition coefficient (Wildman–Crippen LogP) is 1.07. The van der Waals surface area contributed by atoms with E-state index >= 15 is 0 Å². The van der Waals surface area contributed by atoms with Crippen molar-refractivity contribution < 1.29 is 0 Å². The van der Waals surface area contributed by atoms with Gasteiger partial charge in [0.05, 0.1) is 6.54 Å². The first-order chi connectivity index (χ1) is 5.90. The number of nitrogens with one attached hydrogen (secondary N) is 1. The molecule has 12 heavy (non-hydrogen) atoms. The second-order valence-electron chi connectivity index (χ2n) is 3.24. The Morgan fingerprint density at radius 2 is 2.08 bits per heavy atom. The Hall–Kier alpha value is -0.960. The lowest BCUT2D eigenvalue weighted by Crippen LogP contribution is -2.08. The second-order valence-corrected chi connectivity index (χ2v) is 3.24. The van der Waals surface area contributed by atoms with Gasteiger partial charge in [0, 0.05) is 12.4 Å². The van der Waals surface area contributed by atoms with Crippen molar-refractivity contribution >= 4 is 0 Å². The molecule has 0 aromatic carbocycles. The Kier molecular flexibility index (Phi) is 2.04. The predicted molar refractivity (Wildman–Crippen MR) is 46.8 cm³/mol. The van der Waals surface area contributed by atoms with Crippen LogP contribution >= 0.6 is 0 Å². The maximum Gasteiger partial charge on any atom is 0.141 e. The third kappa shape index (κ3) is 1.61. The first-order valence-corrected chi connectivity index (χ1v) is 4.35. The molecule has 0 radical (unpaired) electrons. The lowest BCUT2D eigenvalue weighted by atomic mass is 10.2. The summed E-state index contributed by atoms with van der Waals surface area (Å²) in [5.41, 5.74) is 1.30. The summed E-state index contributed by atoms with van der Waals surface area (Å²) in [6, 6.07) is 0. The molecule has 0 bridgehead atoms. The van der Waals surface area contributed by atoms with Gasteiger partial charge < -0.3 is 5.32 Å². The molecule has 64 valence electrons. The van der Waals surface area contributed by atoms with Gasteiger partial charge in [0.15, 0.2) is 0 Å². The fourth-order valence-electron chi connectivity index (χ4n) is 1.24. The molecule has 1 aliphatic rings. The van der Waals surface area contributed by atoms with Crippen LogP contribution in [0.25, 0.3) is 0 Å². The molecule has 2 rings (SSSR count). The fraction of sp³-hybridized carbons (Fsp3) is 0.556. The highest BCUT2D eigenvalue weighted by atomic mass is 14.9. The molecule has 0 unspecified atom stereocenters. The largest absolute Gasteiger partial charge is 0.313 e. The quantitative estimate of drug-likeness (QED) is 0.724. The van der Waals surface area contributed by atoms with Gasteiger partial charge in [0.25, 0.3) is 0 Å². The number of rotatable bonds is 3. The zero-order chi connectivity index (χ0) is 8.39. The second kappa shape index (κ2) is 3.19. The lowest BCUT2D eigenvalue weighted by Gasteiger charge is -1.99. The maximum atomic E-state index is 4.26. The molecule has 1 N–H and O–H groups in total. The fourth-order valence-corrected chi connectivity index (χ4v) is 1.24. The highest BCUT2D eigenvalue weighted by molar-refractivity contribution is 5.16. The standard InChI is InChI=1S/C9H13N3/c1-10-6-9-11-4-8(5-12-9)7-2-3-7/h4-5,7,10H,2-3,6H2,1H3. The van der Waals surface area contributed by atoms with Gasteiger partial charge in [-0.05, 0) is 31.4 Å². The summed E-state index contributed by atoms with van der Waals surface area (Å²) < 4.78 is 0. The smallest absolute Gasteiger partial charge is 0.141 e. The van der Waals surface area contributed by atoms with Gasteiger partial charge in [0.1, 0.15) is 5.82 Å². The maximum absolute atomic E-state index is 4.26. The Morgan fingerprint density at radius 1 is 1.42 bits per heavy atom. The number of hydrogen-bond donors (Lipinski definition) is 1. The van der Waals surface area contributed by atoms with Crippen molar-refractivity contribution in [1.29, 1.82) is 0 Å². The molecule has 0 amide bonds. The highest BCUT2D eigenvalue weighted by Crippen LogP contribution is 2.39. The molecular formula is C9H13N3. The normalized spacial score (nSPS) is 16.4. The van der Waals surface area contributed by atoms with Gasteiger partial charge in [-0.1, -0.05) is 0 Å². The molecule has 1 heterocycles. The third-order valence-corrected chi connectivity index (χ3v) is 2.11. The zero-order valence-electron chi connectivity index (χ0n) is 7.25. The van der Waals surface area contributed by atoms with Crippen LogP contribution in [0.2, 0.25) is 0 Å². The van der Waals surface area contributed by atoms with E-state index in [-0.39, 0.29) is 0 Å². The van der Waals surface area contributed by atoms with E-state index in [1.807, 2.05) is 19.4 Å². The topological polar surface area (TPSA) is 37.8 Å². The summed E-state index contributed by atoms with van der Waals surface area (Å²) in [5.74, 6) is 1.63. The summed E-state index contributed by atoms with van der Waals surface area (Å²) in [5, 5.41) is 3.02. The molecule has 0 aliphatic heterocycles. The Bertz CT molecular complexity index is 251. The highest BCUT2D eigenvalue weighted by Gasteiger charge is 2.23. The minimum Gasteiger partial charge on any atom is -0.313 e. The van der Waals surface area contributed by atoms with Crippen LogP contribution in [0, 0.1) is 0 Å². The van der Waals surface area contributed by atoms with Crippen LogP contribution < -0.4 is 5.32 Å². The molecule has 3 nitrogen and oxygen atoms in total. The Labute approximate surface area is 72.2 Å². The van der Waals surface area contributed by atoms with E-state index in [1.165, 1.54) is 18.4 Å². The summed E-state index contributed by atoms with van der Waals surface area (Å²) in [6.45, 7) is 0.755. The first-order valence-electron chi connectivity index (χ1n) is 4.35. The van der Waals surface area contributed by atoms with E-state index in [4.69, 9.17) is 0 Å². The van der Waals surface area contributed by atoms with Gasteiger partial charge >= 0.3 is 0 Å². The molecule has 0 spiro atoms. The van der Waals surface area contributed by atoms with Crippen LogP contribution in [0.15, 0.2) is 12.4 Å². The van der Waals surface area contributed by atoms with E-state index in [0.717, 1.165) is 18.3 Å². The Morgan fingerprint density at radius 3 is 2.58 bits per heavy atom. The van der Waals surface area contributed by atoms with Crippen LogP contribution in [-0.2, 0) is 6.54 Å². The molecule has 1 fully saturated rings. The van der Waals surface area contributed by atoms with Crippen LogP contribution in [0.3, 0.4) is 0 Å².